The molecule has 0 atom stereocenters. The second-order valence-corrected chi connectivity index (χ2v) is 5.26. The number of amidine groups is 1. The zero-order valence-corrected chi connectivity index (χ0v) is 10.0. The summed E-state index contributed by atoms with van der Waals surface area (Å²) >= 11 is 0. The summed E-state index contributed by atoms with van der Waals surface area (Å²) in [6.07, 6.45) is 5.31. The van der Waals surface area contributed by atoms with Crippen LogP contribution in [0.25, 0.3) is 0 Å². The Morgan fingerprint density at radius 2 is 1.94 bits per heavy atom. The lowest BCUT2D eigenvalue weighted by Crippen LogP contribution is -2.30. The monoisotopic (exact) mass is 229 g/mol. The van der Waals surface area contributed by atoms with Crippen LogP contribution in [0.15, 0.2) is 24.3 Å². The molecule has 0 unspecified atom stereocenters. The molecule has 1 aromatic rings. The van der Waals surface area contributed by atoms with Crippen molar-refractivity contribution in [2.24, 2.45) is 11.7 Å². The Bertz CT molecular complexity index is 433. The van der Waals surface area contributed by atoms with Gasteiger partial charge < -0.3 is 10.6 Å². The molecule has 2 fully saturated rings. The van der Waals surface area contributed by atoms with E-state index in [1.807, 2.05) is 18.2 Å². The molecule has 0 aromatic heterocycles. The van der Waals surface area contributed by atoms with Gasteiger partial charge in [0.1, 0.15) is 5.84 Å². The molecule has 1 aromatic carbocycles. The lowest BCUT2D eigenvalue weighted by molar-refractivity contribution is 0.718. The molecule has 0 spiro atoms. The van der Waals surface area contributed by atoms with Gasteiger partial charge in [-0.25, -0.2) is 0 Å². The highest BCUT2D eigenvalue weighted by Crippen LogP contribution is 2.38. The van der Waals surface area contributed by atoms with E-state index in [2.05, 4.69) is 11.0 Å². The Hall–Kier alpha value is -1.51. The number of nitrogen functional groups attached to an aromatic ring is 1. The van der Waals surface area contributed by atoms with Crippen LogP contribution < -0.4 is 10.6 Å². The van der Waals surface area contributed by atoms with E-state index < -0.39 is 0 Å². The van der Waals surface area contributed by atoms with Gasteiger partial charge in [0.25, 0.3) is 0 Å². The molecule has 3 heteroatoms. The van der Waals surface area contributed by atoms with E-state index in [0.717, 1.165) is 23.7 Å². The normalized spacial score (nSPS) is 19.1. The standard InChI is InChI=1S/C14H19N3/c15-14(16)12-3-1-2-4-13(12)17(11-7-8-11)9-10-5-6-10/h1-4,10-11H,5-9H2,(H3,15,16). The maximum atomic E-state index is 7.68. The third kappa shape index (κ3) is 2.28. The Kier molecular flexibility index (Phi) is 2.54. The largest absolute Gasteiger partial charge is 0.384 e. The van der Waals surface area contributed by atoms with Crippen molar-refractivity contribution in [2.45, 2.75) is 31.7 Å². The molecule has 2 aliphatic carbocycles. The summed E-state index contributed by atoms with van der Waals surface area (Å²) in [6.45, 7) is 1.15. The Labute approximate surface area is 102 Å². The van der Waals surface area contributed by atoms with Crippen molar-refractivity contribution in [1.29, 1.82) is 5.41 Å². The number of nitrogens with zero attached hydrogens (tertiary/aromatic N) is 1. The highest BCUT2D eigenvalue weighted by atomic mass is 15.2. The van der Waals surface area contributed by atoms with Crippen molar-refractivity contribution < 1.29 is 0 Å². The fourth-order valence-electron chi connectivity index (χ4n) is 2.36. The summed E-state index contributed by atoms with van der Waals surface area (Å²) in [5, 5.41) is 7.68. The number of benzene rings is 1. The van der Waals surface area contributed by atoms with Crippen LogP contribution in [0, 0.1) is 11.3 Å². The van der Waals surface area contributed by atoms with Crippen molar-refractivity contribution in [1.82, 2.24) is 0 Å². The van der Waals surface area contributed by atoms with Crippen molar-refractivity contribution in [3.8, 4) is 0 Å². The number of hydrogen-bond acceptors (Lipinski definition) is 2. The Morgan fingerprint density at radius 1 is 1.24 bits per heavy atom. The van der Waals surface area contributed by atoms with Crippen LogP contribution in [0.2, 0.25) is 0 Å². The van der Waals surface area contributed by atoms with E-state index >= 15 is 0 Å². The van der Waals surface area contributed by atoms with E-state index in [4.69, 9.17) is 11.1 Å². The third-order valence-corrected chi connectivity index (χ3v) is 3.64. The molecular weight excluding hydrogens is 210 g/mol. The van der Waals surface area contributed by atoms with Crippen molar-refractivity contribution in [3.05, 3.63) is 29.8 Å². The van der Waals surface area contributed by atoms with Crippen LogP contribution in [0.1, 0.15) is 31.2 Å². The van der Waals surface area contributed by atoms with Crippen LogP contribution >= 0.6 is 0 Å². The number of anilines is 1. The fraction of sp³-hybridized carbons (Fsp3) is 0.500. The Balaban J connectivity index is 1.90. The van der Waals surface area contributed by atoms with Crippen molar-refractivity contribution >= 4 is 11.5 Å². The van der Waals surface area contributed by atoms with Gasteiger partial charge in [-0.05, 0) is 43.7 Å². The zero-order valence-electron chi connectivity index (χ0n) is 10.0. The molecule has 2 saturated carbocycles. The molecule has 0 heterocycles. The molecular formula is C14H19N3. The van der Waals surface area contributed by atoms with Gasteiger partial charge in [-0.2, -0.15) is 0 Å². The highest BCUT2D eigenvalue weighted by molar-refractivity contribution is 6.00. The van der Waals surface area contributed by atoms with Gasteiger partial charge in [-0.15, -0.1) is 0 Å². The maximum absolute atomic E-state index is 7.68. The lowest BCUT2D eigenvalue weighted by Gasteiger charge is -2.26. The first-order valence-corrected chi connectivity index (χ1v) is 6.46. The van der Waals surface area contributed by atoms with Crippen LogP contribution in [0.5, 0.6) is 0 Å². The van der Waals surface area contributed by atoms with Crippen LogP contribution in [0.4, 0.5) is 5.69 Å². The molecule has 0 bridgehead atoms. The van der Waals surface area contributed by atoms with Gasteiger partial charge in [0.15, 0.2) is 0 Å². The predicted molar refractivity (Wildman–Crippen MR) is 70.6 cm³/mol. The van der Waals surface area contributed by atoms with Gasteiger partial charge in [-0.3, -0.25) is 5.41 Å². The van der Waals surface area contributed by atoms with Gasteiger partial charge in [-0.1, -0.05) is 12.1 Å². The molecule has 0 aliphatic heterocycles. The van der Waals surface area contributed by atoms with E-state index in [9.17, 15) is 0 Å². The fourth-order valence-corrected chi connectivity index (χ4v) is 2.36. The summed E-state index contributed by atoms with van der Waals surface area (Å²) in [5.41, 5.74) is 7.73. The number of nitrogens with one attached hydrogen (secondary N) is 1. The number of rotatable bonds is 5. The SMILES string of the molecule is N=C(N)c1ccccc1N(CC1CC1)C1CC1. The third-order valence-electron chi connectivity index (χ3n) is 3.64. The van der Waals surface area contributed by atoms with Crippen LogP contribution in [0.3, 0.4) is 0 Å². The summed E-state index contributed by atoms with van der Waals surface area (Å²) in [6, 6.07) is 8.76. The number of para-hydroxylation sites is 1. The first-order valence-electron chi connectivity index (χ1n) is 6.46. The molecule has 0 saturated heterocycles. The minimum Gasteiger partial charge on any atom is -0.384 e. The summed E-state index contributed by atoms with van der Waals surface area (Å²) < 4.78 is 0. The minimum absolute atomic E-state index is 0.182. The van der Waals surface area contributed by atoms with E-state index in [-0.39, 0.29) is 5.84 Å². The van der Waals surface area contributed by atoms with E-state index in [0.29, 0.717) is 6.04 Å². The minimum atomic E-state index is 0.182. The summed E-state index contributed by atoms with van der Waals surface area (Å²) in [5.74, 6) is 1.05. The lowest BCUT2D eigenvalue weighted by atomic mass is 10.1. The average molecular weight is 229 g/mol. The van der Waals surface area contributed by atoms with Gasteiger partial charge in [0, 0.05) is 23.8 Å². The second kappa shape index (κ2) is 4.06. The number of hydrogen-bond donors (Lipinski definition) is 2. The van der Waals surface area contributed by atoms with Crippen molar-refractivity contribution in [3.63, 3.8) is 0 Å². The quantitative estimate of drug-likeness (QED) is 0.601. The molecule has 3 nitrogen and oxygen atoms in total. The molecule has 0 radical (unpaired) electrons. The molecule has 3 N–H and O–H groups in total. The van der Waals surface area contributed by atoms with E-state index in [1.54, 1.807) is 0 Å². The summed E-state index contributed by atoms with van der Waals surface area (Å²) in [7, 11) is 0. The smallest absolute Gasteiger partial charge is 0.124 e. The molecule has 0 amide bonds. The highest BCUT2D eigenvalue weighted by Gasteiger charge is 2.34. The molecule has 3 rings (SSSR count). The molecule has 17 heavy (non-hydrogen) atoms. The topological polar surface area (TPSA) is 53.1 Å². The van der Waals surface area contributed by atoms with E-state index in [1.165, 1.54) is 25.7 Å². The first-order chi connectivity index (χ1) is 8.25. The molecule has 90 valence electrons. The second-order valence-electron chi connectivity index (χ2n) is 5.26. The van der Waals surface area contributed by atoms with Gasteiger partial charge in [0.05, 0.1) is 0 Å². The van der Waals surface area contributed by atoms with Crippen molar-refractivity contribution in [2.75, 3.05) is 11.4 Å². The average Bonchev–Trinajstić information content (AvgIpc) is 3.17. The maximum Gasteiger partial charge on any atom is 0.124 e. The number of nitrogens with two attached hydrogens (primary N) is 1. The van der Waals surface area contributed by atoms with Gasteiger partial charge in [0.2, 0.25) is 0 Å². The predicted octanol–water partition coefficient (Wildman–Crippen LogP) is 2.35. The summed E-state index contributed by atoms with van der Waals surface area (Å²) in [4.78, 5) is 2.48. The van der Waals surface area contributed by atoms with Gasteiger partial charge >= 0.3 is 0 Å². The first kappa shape index (κ1) is 10.6. The zero-order chi connectivity index (χ0) is 11.8. The van der Waals surface area contributed by atoms with Crippen LogP contribution in [-0.2, 0) is 0 Å². The van der Waals surface area contributed by atoms with Crippen LogP contribution in [-0.4, -0.2) is 18.4 Å². The molecule has 2 aliphatic rings. The Morgan fingerprint density at radius 3 is 2.53 bits per heavy atom.